The number of sulfonamides is 1. The molecule has 0 unspecified atom stereocenters. The van der Waals surface area contributed by atoms with E-state index in [4.69, 9.17) is 0 Å². The van der Waals surface area contributed by atoms with Gasteiger partial charge in [0.1, 0.15) is 11.9 Å². The van der Waals surface area contributed by atoms with Gasteiger partial charge in [-0.1, -0.05) is 56.3 Å². The van der Waals surface area contributed by atoms with Gasteiger partial charge in [-0.3, -0.25) is 4.79 Å². The Hall–Kier alpha value is -2.97. The molecule has 4 rings (SSSR count). The number of carbonyl (C=O) groups is 1. The summed E-state index contributed by atoms with van der Waals surface area (Å²) in [7, 11) is -1.67. The summed E-state index contributed by atoms with van der Waals surface area (Å²) in [4.78, 5) is 18.0. The summed E-state index contributed by atoms with van der Waals surface area (Å²) in [5.41, 5.74) is 2.06. The van der Waals surface area contributed by atoms with E-state index < -0.39 is 10.0 Å². The lowest BCUT2D eigenvalue weighted by Crippen LogP contribution is -2.44. The molecule has 3 aromatic rings. The number of rotatable bonds is 7. The molecule has 7 nitrogen and oxygen atoms in total. The van der Waals surface area contributed by atoms with Crippen molar-refractivity contribution in [1.29, 1.82) is 0 Å². The van der Waals surface area contributed by atoms with Crippen molar-refractivity contribution in [2.75, 3.05) is 13.1 Å². The Morgan fingerprint density at radius 1 is 1.00 bits per heavy atom. The molecule has 1 aliphatic rings. The van der Waals surface area contributed by atoms with E-state index in [0.29, 0.717) is 36.7 Å². The Kier molecular flexibility index (Phi) is 7.19. The fourth-order valence-corrected chi connectivity index (χ4v) is 5.86. The quantitative estimate of drug-likeness (QED) is 0.557. The van der Waals surface area contributed by atoms with E-state index in [1.54, 1.807) is 18.3 Å². The molecule has 0 radical (unpaired) electrons. The van der Waals surface area contributed by atoms with Crippen molar-refractivity contribution in [1.82, 2.24) is 19.2 Å². The second kappa shape index (κ2) is 10.1. The van der Waals surface area contributed by atoms with Crippen molar-refractivity contribution < 1.29 is 13.2 Å². The summed E-state index contributed by atoms with van der Waals surface area (Å²) < 4.78 is 29.6. The molecular weight excluding hydrogens is 448 g/mol. The average Bonchev–Trinajstić information content (AvgIpc) is 3.28. The van der Waals surface area contributed by atoms with E-state index in [1.807, 2.05) is 60.3 Å². The fraction of sp³-hybridized carbons (Fsp3) is 0.385. The van der Waals surface area contributed by atoms with Crippen LogP contribution in [0.3, 0.4) is 0 Å². The SMILES string of the molecule is CC(C)c1ccc(S(=O)(=O)N2CCC(C(=O)N[C@@H](c3ccccc3)c3nccn3C)CC2)cc1. The highest BCUT2D eigenvalue weighted by Gasteiger charge is 2.33. The Morgan fingerprint density at radius 2 is 1.65 bits per heavy atom. The predicted molar refractivity (Wildman–Crippen MR) is 132 cm³/mol. The minimum atomic E-state index is -3.57. The van der Waals surface area contributed by atoms with Crippen molar-refractivity contribution >= 4 is 15.9 Å². The van der Waals surface area contributed by atoms with Gasteiger partial charge in [0.2, 0.25) is 15.9 Å². The van der Waals surface area contributed by atoms with Crippen molar-refractivity contribution in [2.45, 2.75) is 43.5 Å². The van der Waals surface area contributed by atoms with E-state index >= 15 is 0 Å². The highest BCUT2D eigenvalue weighted by molar-refractivity contribution is 7.89. The molecule has 0 aliphatic carbocycles. The van der Waals surface area contributed by atoms with Gasteiger partial charge >= 0.3 is 0 Å². The van der Waals surface area contributed by atoms with Gasteiger partial charge in [0.05, 0.1) is 4.90 Å². The zero-order valence-electron chi connectivity index (χ0n) is 19.9. The summed E-state index contributed by atoms with van der Waals surface area (Å²) in [6.45, 7) is 4.81. The molecule has 180 valence electrons. The molecule has 1 aromatic heterocycles. The van der Waals surface area contributed by atoms with Gasteiger partial charge in [0.25, 0.3) is 0 Å². The van der Waals surface area contributed by atoms with Gasteiger partial charge in [0, 0.05) is 38.4 Å². The number of imidazole rings is 1. The van der Waals surface area contributed by atoms with Crippen LogP contribution in [0.25, 0.3) is 0 Å². The topological polar surface area (TPSA) is 84.3 Å². The van der Waals surface area contributed by atoms with Crippen molar-refractivity contribution in [3.8, 4) is 0 Å². The fourth-order valence-electron chi connectivity index (χ4n) is 4.39. The molecule has 1 N–H and O–H groups in total. The van der Waals surface area contributed by atoms with E-state index in [1.165, 1.54) is 4.31 Å². The number of amides is 1. The van der Waals surface area contributed by atoms with Crippen LogP contribution in [0.15, 0.2) is 71.9 Å². The third-order valence-corrected chi connectivity index (χ3v) is 8.46. The third kappa shape index (κ3) is 5.08. The number of aryl methyl sites for hydroxylation is 1. The van der Waals surface area contributed by atoms with Crippen LogP contribution >= 0.6 is 0 Å². The number of benzene rings is 2. The molecule has 2 aromatic carbocycles. The molecule has 0 spiro atoms. The molecule has 2 heterocycles. The predicted octanol–water partition coefficient (Wildman–Crippen LogP) is 3.85. The van der Waals surface area contributed by atoms with Crippen LogP contribution in [0.2, 0.25) is 0 Å². The second-order valence-corrected chi connectivity index (χ2v) is 11.1. The van der Waals surface area contributed by atoms with E-state index in [9.17, 15) is 13.2 Å². The number of nitrogens with one attached hydrogen (secondary N) is 1. The first-order chi connectivity index (χ1) is 16.3. The van der Waals surface area contributed by atoms with Gasteiger partial charge in [-0.05, 0) is 42.0 Å². The maximum absolute atomic E-state index is 13.2. The molecule has 0 saturated carbocycles. The first-order valence-corrected chi connectivity index (χ1v) is 13.1. The zero-order valence-corrected chi connectivity index (χ0v) is 20.7. The summed E-state index contributed by atoms with van der Waals surface area (Å²) in [5, 5.41) is 3.16. The summed E-state index contributed by atoms with van der Waals surface area (Å²) in [6, 6.07) is 16.5. The molecule has 34 heavy (non-hydrogen) atoms. The smallest absolute Gasteiger partial charge is 0.243 e. The maximum atomic E-state index is 13.2. The van der Waals surface area contributed by atoms with Gasteiger partial charge < -0.3 is 9.88 Å². The number of aromatic nitrogens is 2. The molecule has 1 amide bonds. The monoisotopic (exact) mass is 480 g/mol. The van der Waals surface area contributed by atoms with Gasteiger partial charge in [0.15, 0.2) is 0 Å². The normalized spacial score (nSPS) is 16.5. The Labute approximate surface area is 201 Å². The van der Waals surface area contributed by atoms with Crippen LogP contribution in [-0.4, -0.2) is 41.3 Å². The van der Waals surface area contributed by atoms with E-state index in [2.05, 4.69) is 24.1 Å². The lowest BCUT2D eigenvalue weighted by molar-refractivity contribution is -0.126. The third-order valence-electron chi connectivity index (χ3n) is 6.55. The van der Waals surface area contributed by atoms with Crippen LogP contribution < -0.4 is 5.32 Å². The minimum Gasteiger partial charge on any atom is -0.342 e. The van der Waals surface area contributed by atoms with Crippen LogP contribution in [0.4, 0.5) is 0 Å². The minimum absolute atomic E-state index is 0.0739. The van der Waals surface area contributed by atoms with Crippen LogP contribution in [0.5, 0.6) is 0 Å². The molecule has 1 fully saturated rings. The molecule has 8 heteroatoms. The summed E-state index contributed by atoms with van der Waals surface area (Å²) in [6.07, 6.45) is 4.54. The van der Waals surface area contributed by atoms with Crippen LogP contribution in [0, 0.1) is 5.92 Å². The molecule has 0 bridgehead atoms. The summed E-state index contributed by atoms with van der Waals surface area (Å²) >= 11 is 0. The average molecular weight is 481 g/mol. The van der Waals surface area contributed by atoms with Crippen LogP contribution in [-0.2, 0) is 21.9 Å². The molecule has 1 aliphatic heterocycles. The number of carbonyl (C=O) groups excluding carboxylic acids is 1. The Balaban J connectivity index is 1.43. The van der Waals surface area contributed by atoms with Gasteiger partial charge in [-0.15, -0.1) is 0 Å². The lowest BCUT2D eigenvalue weighted by atomic mass is 9.96. The zero-order chi connectivity index (χ0) is 24.3. The largest absolute Gasteiger partial charge is 0.342 e. The van der Waals surface area contributed by atoms with Crippen molar-refractivity contribution in [3.63, 3.8) is 0 Å². The van der Waals surface area contributed by atoms with Crippen LogP contribution in [0.1, 0.15) is 55.6 Å². The van der Waals surface area contributed by atoms with Gasteiger partial charge in [-0.2, -0.15) is 4.31 Å². The number of hydrogen-bond acceptors (Lipinski definition) is 4. The Bertz CT molecular complexity index is 1210. The standard InChI is InChI=1S/C26H32N4O3S/c1-19(2)20-9-11-23(12-10-20)34(32,33)30-16-13-22(14-17-30)26(31)28-24(21-7-5-4-6-8-21)25-27-15-18-29(25)3/h4-12,15,18-19,22,24H,13-14,16-17H2,1-3H3,(H,28,31)/t24-/m0/s1. The maximum Gasteiger partial charge on any atom is 0.243 e. The summed E-state index contributed by atoms with van der Waals surface area (Å²) in [5.74, 6) is 0.775. The van der Waals surface area contributed by atoms with Gasteiger partial charge in [-0.25, -0.2) is 13.4 Å². The first kappa shape index (κ1) is 24.2. The Morgan fingerprint density at radius 3 is 2.21 bits per heavy atom. The van der Waals surface area contributed by atoms with Crippen molar-refractivity contribution in [2.24, 2.45) is 13.0 Å². The number of hydrogen-bond donors (Lipinski definition) is 1. The molecular formula is C26H32N4O3S. The highest BCUT2D eigenvalue weighted by atomic mass is 32.2. The number of piperidine rings is 1. The second-order valence-electron chi connectivity index (χ2n) is 9.15. The van der Waals surface area contributed by atoms with E-state index in [-0.39, 0.29) is 17.9 Å². The molecule has 1 saturated heterocycles. The number of nitrogens with zero attached hydrogens (tertiary/aromatic N) is 3. The van der Waals surface area contributed by atoms with Crippen molar-refractivity contribution in [3.05, 3.63) is 83.9 Å². The first-order valence-electron chi connectivity index (χ1n) is 11.7. The lowest BCUT2D eigenvalue weighted by Gasteiger charge is -2.31. The van der Waals surface area contributed by atoms with E-state index in [0.717, 1.165) is 17.0 Å². The highest BCUT2D eigenvalue weighted by Crippen LogP contribution is 2.27. The molecule has 1 atom stereocenters.